The Kier molecular flexibility index (Phi) is 4.40. The van der Waals surface area contributed by atoms with E-state index in [4.69, 9.17) is 16.3 Å². The van der Waals surface area contributed by atoms with Gasteiger partial charge in [-0.3, -0.25) is 0 Å². The van der Waals surface area contributed by atoms with Crippen molar-refractivity contribution in [3.63, 3.8) is 0 Å². The van der Waals surface area contributed by atoms with Gasteiger partial charge in [0, 0.05) is 18.5 Å². The summed E-state index contributed by atoms with van der Waals surface area (Å²) in [5, 5.41) is 8.81. The highest BCUT2D eigenvalue weighted by atomic mass is 35.5. The molecule has 2 rings (SSSR count). The number of methoxy groups -OCH3 is 1. The number of halogens is 1. The average Bonchev–Trinajstić information content (AvgIpc) is 2.38. The molecule has 100 valence electrons. The van der Waals surface area contributed by atoms with Gasteiger partial charge in [-0.05, 0) is 39.3 Å². The van der Waals surface area contributed by atoms with Gasteiger partial charge in [0.15, 0.2) is 0 Å². The summed E-state index contributed by atoms with van der Waals surface area (Å²) in [7, 11) is 1.55. The first-order valence-electron chi connectivity index (χ1n) is 6.43. The number of ether oxygens (including phenoxy) is 1. The van der Waals surface area contributed by atoms with Gasteiger partial charge in [-0.2, -0.15) is 5.10 Å². The first-order chi connectivity index (χ1) is 8.61. The lowest BCUT2D eigenvalue weighted by Crippen LogP contribution is -2.39. The summed E-state index contributed by atoms with van der Waals surface area (Å²) in [6.45, 7) is 6.67. The molecule has 1 aliphatic heterocycles. The molecule has 1 fully saturated rings. The highest BCUT2D eigenvalue weighted by molar-refractivity contribution is 6.31. The van der Waals surface area contributed by atoms with Gasteiger partial charge < -0.3 is 9.64 Å². The van der Waals surface area contributed by atoms with Crippen molar-refractivity contribution in [2.24, 2.45) is 0 Å². The topological polar surface area (TPSA) is 38.3 Å². The van der Waals surface area contributed by atoms with E-state index >= 15 is 0 Å². The fourth-order valence-electron chi connectivity index (χ4n) is 2.43. The molecule has 2 heterocycles. The van der Waals surface area contributed by atoms with Gasteiger partial charge in [0.2, 0.25) is 0 Å². The SMILES string of the molecule is COc1nnc(C2CCCN(C(C)C)C2)cc1Cl. The van der Waals surface area contributed by atoms with Crippen molar-refractivity contribution in [2.45, 2.75) is 38.6 Å². The molecule has 5 heteroatoms. The van der Waals surface area contributed by atoms with Crippen molar-refractivity contribution in [2.75, 3.05) is 20.2 Å². The van der Waals surface area contributed by atoms with Crippen LogP contribution in [0.4, 0.5) is 0 Å². The summed E-state index contributed by atoms with van der Waals surface area (Å²) >= 11 is 6.11. The van der Waals surface area contributed by atoms with Crippen LogP contribution in [-0.4, -0.2) is 41.3 Å². The van der Waals surface area contributed by atoms with Crippen LogP contribution in [0.5, 0.6) is 5.88 Å². The van der Waals surface area contributed by atoms with Gasteiger partial charge in [0.25, 0.3) is 5.88 Å². The molecule has 18 heavy (non-hydrogen) atoms. The van der Waals surface area contributed by atoms with E-state index in [0.29, 0.717) is 22.9 Å². The van der Waals surface area contributed by atoms with Crippen molar-refractivity contribution >= 4 is 11.6 Å². The zero-order chi connectivity index (χ0) is 13.1. The maximum absolute atomic E-state index is 6.11. The Morgan fingerprint density at radius 3 is 2.83 bits per heavy atom. The monoisotopic (exact) mass is 269 g/mol. The number of hydrogen-bond donors (Lipinski definition) is 0. The van der Waals surface area contributed by atoms with E-state index in [1.165, 1.54) is 13.0 Å². The van der Waals surface area contributed by atoms with Gasteiger partial charge in [-0.1, -0.05) is 11.6 Å². The fourth-order valence-corrected chi connectivity index (χ4v) is 2.65. The largest absolute Gasteiger partial charge is 0.479 e. The molecule has 0 amide bonds. The molecule has 0 N–H and O–H groups in total. The molecule has 0 saturated carbocycles. The van der Waals surface area contributed by atoms with E-state index < -0.39 is 0 Å². The molecule has 4 nitrogen and oxygen atoms in total. The van der Waals surface area contributed by atoms with E-state index in [-0.39, 0.29) is 0 Å². The quantitative estimate of drug-likeness (QED) is 0.846. The van der Waals surface area contributed by atoms with E-state index in [9.17, 15) is 0 Å². The molecular formula is C13H20ClN3O. The number of hydrogen-bond acceptors (Lipinski definition) is 4. The molecule has 1 aromatic heterocycles. The normalized spacial score (nSPS) is 21.3. The molecule has 1 aliphatic rings. The Hall–Kier alpha value is -0.870. The number of aromatic nitrogens is 2. The Bertz CT molecular complexity index is 411. The zero-order valence-electron chi connectivity index (χ0n) is 11.2. The van der Waals surface area contributed by atoms with Crippen LogP contribution in [0.3, 0.4) is 0 Å². The summed E-state index contributed by atoms with van der Waals surface area (Å²) < 4.78 is 5.03. The highest BCUT2D eigenvalue weighted by Gasteiger charge is 2.24. The molecular weight excluding hydrogens is 250 g/mol. The minimum absolute atomic E-state index is 0.400. The van der Waals surface area contributed by atoms with E-state index in [1.807, 2.05) is 6.07 Å². The van der Waals surface area contributed by atoms with Crippen molar-refractivity contribution in [3.05, 3.63) is 16.8 Å². The zero-order valence-corrected chi connectivity index (χ0v) is 11.9. The smallest absolute Gasteiger partial charge is 0.252 e. The minimum Gasteiger partial charge on any atom is -0.479 e. The minimum atomic E-state index is 0.400. The lowest BCUT2D eigenvalue weighted by atomic mass is 9.94. The lowest BCUT2D eigenvalue weighted by molar-refractivity contribution is 0.166. The summed E-state index contributed by atoms with van der Waals surface area (Å²) in [5.41, 5.74) is 0.978. The van der Waals surface area contributed by atoms with Crippen LogP contribution in [-0.2, 0) is 0 Å². The average molecular weight is 270 g/mol. The van der Waals surface area contributed by atoms with Gasteiger partial charge in [0.05, 0.1) is 12.8 Å². The summed E-state index contributed by atoms with van der Waals surface area (Å²) in [4.78, 5) is 2.48. The molecule has 0 aliphatic carbocycles. The molecule has 1 aromatic rings. The molecule has 1 unspecified atom stereocenters. The molecule has 0 spiro atoms. The summed E-state index contributed by atoms with van der Waals surface area (Å²) in [5.74, 6) is 0.828. The van der Waals surface area contributed by atoms with Crippen molar-refractivity contribution in [1.82, 2.24) is 15.1 Å². The molecule has 1 atom stereocenters. The fraction of sp³-hybridized carbons (Fsp3) is 0.692. The maximum atomic E-state index is 6.11. The second kappa shape index (κ2) is 5.85. The first-order valence-corrected chi connectivity index (χ1v) is 6.80. The predicted octanol–water partition coefficient (Wildman–Crippen LogP) is 2.73. The van der Waals surface area contributed by atoms with Crippen molar-refractivity contribution < 1.29 is 4.74 Å². The lowest BCUT2D eigenvalue weighted by Gasteiger charge is -2.35. The van der Waals surface area contributed by atoms with Crippen LogP contribution in [0.15, 0.2) is 6.07 Å². The highest BCUT2D eigenvalue weighted by Crippen LogP contribution is 2.29. The van der Waals surface area contributed by atoms with E-state index in [2.05, 4.69) is 28.9 Å². The van der Waals surface area contributed by atoms with Crippen molar-refractivity contribution in [1.29, 1.82) is 0 Å². The van der Waals surface area contributed by atoms with Crippen LogP contribution >= 0.6 is 11.6 Å². The predicted molar refractivity (Wildman–Crippen MR) is 72.3 cm³/mol. The number of nitrogens with zero attached hydrogens (tertiary/aromatic N) is 3. The van der Waals surface area contributed by atoms with Crippen LogP contribution < -0.4 is 4.74 Å². The van der Waals surface area contributed by atoms with Crippen LogP contribution in [0.2, 0.25) is 5.02 Å². The number of likely N-dealkylation sites (tertiary alicyclic amines) is 1. The van der Waals surface area contributed by atoms with Crippen LogP contribution in [0.25, 0.3) is 0 Å². The Morgan fingerprint density at radius 2 is 2.22 bits per heavy atom. The molecule has 0 bridgehead atoms. The third-order valence-corrected chi connectivity index (χ3v) is 3.80. The summed E-state index contributed by atoms with van der Waals surface area (Å²) in [6, 6.07) is 2.47. The molecule has 0 aromatic carbocycles. The van der Waals surface area contributed by atoms with Gasteiger partial charge in [-0.25, -0.2) is 0 Å². The Morgan fingerprint density at radius 1 is 1.44 bits per heavy atom. The van der Waals surface area contributed by atoms with Gasteiger partial charge in [-0.15, -0.1) is 5.10 Å². The Balaban J connectivity index is 2.13. The van der Waals surface area contributed by atoms with Gasteiger partial charge >= 0.3 is 0 Å². The van der Waals surface area contributed by atoms with Gasteiger partial charge in [0.1, 0.15) is 5.02 Å². The van der Waals surface area contributed by atoms with Crippen LogP contribution in [0, 0.1) is 0 Å². The van der Waals surface area contributed by atoms with E-state index in [1.54, 1.807) is 7.11 Å². The number of piperidine rings is 1. The third-order valence-electron chi connectivity index (χ3n) is 3.53. The number of rotatable bonds is 3. The van der Waals surface area contributed by atoms with Crippen LogP contribution in [0.1, 0.15) is 38.3 Å². The van der Waals surface area contributed by atoms with E-state index in [0.717, 1.165) is 18.7 Å². The maximum Gasteiger partial charge on any atom is 0.252 e. The second-order valence-electron chi connectivity index (χ2n) is 5.05. The second-order valence-corrected chi connectivity index (χ2v) is 5.46. The molecule has 0 radical (unpaired) electrons. The third kappa shape index (κ3) is 2.93. The summed E-state index contributed by atoms with van der Waals surface area (Å²) in [6.07, 6.45) is 2.36. The first kappa shape index (κ1) is 13.6. The molecule has 1 saturated heterocycles. The standard InChI is InChI=1S/C13H20ClN3O/c1-9(2)17-6-4-5-10(8-17)12-7-11(14)13(18-3)16-15-12/h7,9-10H,4-6,8H2,1-3H3. The Labute approximate surface area is 113 Å². The van der Waals surface area contributed by atoms with Crippen molar-refractivity contribution in [3.8, 4) is 5.88 Å².